The second-order valence-corrected chi connectivity index (χ2v) is 8.95. The summed E-state index contributed by atoms with van der Waals surface area (Å²) in [5.74, 6) is 0. The largest absolute Gasteiger partial charge is 0.375 e. The van der Waals surface area contributed by atoms with Gasteiger partial charge in [0.1, 0.15) is 4.21 Å². The molecule has 0 radical (unpaired) electrons. The third kappa shape index (κ3) is 4.14. The van der Waals surface area contributed by atoms with E-state index in [4.69, 9.17) is 4.74 Å². The van der Waals surface area contributed by atoms with E-state index in [1.165, 1.54) is 11.3 Å². The molecule has 1 N–H and O–H groups in total. The molecule has 1 atom stereocenters. The molecule has 0 spiro atoms. The van der Waals surface area contributed by atoms with E-state index in [-0.39, 0.29) is 16.9 Å². The van der Waals surface area contributed by atoms with E-state index in [0.717, 1.165) is 14.9 Å². The van der Waals surface area contributed by atoms with Gasteiger partial charge in [-0.2, -0.15) is 0 Å². The summed E-state index contributed by atoms with van der Waals surface area (Å²) in [6, 6.07) is 11.1. The number of hydrogen-bond acceptors (Lipinski definition) is 4. The van der Waals surface area contributed by atoms with Crippen molar-refractivity contribution in [1.29, 1.82) is 0 Å². The van der Waals surface area contributed by atoms with Crippen LogP contribution in [-0.2, 0) is 14.8 Å². The minimum atomic E-state index is -3.51. The molecule has 114 valence electrons. The van der Waals surface area contributed by atoms with Crippen LogP contribution in [0.2, 0.25) is 0 Å². The molecule has 1 heterocycles. The van der Waals surface area contributed by atoms with Crippen LogP contribution in [0.3, 0.4) is 0 Å². The lowest BCUT2D eigenvalue weighted by Gasteiger charge is -2.18. The van der Waals surface area contributed by atoms with E-state index in [0.29, 0.717) is 0 Å². The Kier molecular flexibility index (Phi) is 5.56. The fourth-order valence-corrected chi connectivity index (χ4v) is 5.05. The normalized spacial score (nSPS) is 13.3. The Morgan fingerprint density at radius 3 is 2.57 bits per heavy atom. The molecule has 7 heteroatoms. The number of sulfonamides is 1. The molecule has 1 aromatic carbocycles. The first-order valence-electron chi connectivity index (χ1n) is 6.27. The Hall–Kier alpha value is -0.730. The predicted molar refractivity (Wildman–Crippen MR) is 88.1 cm³/mol. The second kappa shape index (κ2) is 7.02. The number of rotatable bonds is 6. The molecule has 0 aliphatic heterocycles. The fourth-order valence-electron chi connectivity index (χ4n) is 1.97. The van der Waals surface area contributed by atoms with Crippen molar-refractivity contribution < 1.29 is 13.2 Å². The molecular formula is C14H16BrNO3S2. The zero-order valence-corrected chi connectivity index (χ0v) is 14.9. The standard InChI is InChI=1S/C14H16BrNO3S2/c1-10-5-3-4-6-11(10)12(19-2)9-16-21(17,18)14-8-7-13(15)20-14/h3-8,12,16H,9H2,1-2H3. The minimum Gasteiger partial charge on any atom is -0.375 e. The van der Waals surface area contributed by atoms with Crippen molar-refractivity contribution in [3.63, 3.8) is 0 Å². The number of benzene rings is 1. The molecule has 1 unspecified atom stereocenters. The summed E-state index contributed by atoms with van der Waals surface area (Å²) in [7, 11) is -1.93. The van der Waals surface area contributed by atoms with Crippen molar-refractivity contribution in [2.75, 3.05) is 13.7 Å². The summed E-state index contributed by atoms with van der Waals surface area (Å²) < 4.78 is 33.5. The first-order valence-corrected chi connectivity index (χ1v) is 9.36. The first kappa shape index (κ1) is 16.6. The summed E-state index contributed by atoms with van der Waals surface area (Å²) >= 11 is 4.44. The van der Waals surface area contributed by atoms with Gasteiger partial charge in [-0.3, -0.25) is 0 Å². The van der Waals surface area contributed by atoms with Crippen LogP contribution in [-0.4, -0.2) is 22.1 Å². The lowest BCUT2D eigenvalue weighted by molar-refractivity contribution is 0.107. The molecule has 0 fully saturated rings. The third-order valence-electron chi connectivity index (χ3n) is 3.09. The molecule has 2 aromatic rings. The summed E-state index contributed by atoms with van der Waals surface area (Å²) in [5.41, 5.74) is 2.05. The number of hydrogen-bond donors (Lipinski definition) is 1. The third-order valence-corrected chi connectivity index (χ3v) is 6.63. The number of aryl methyl sites for hydroxylation is 1. The van der Waals surface area contributed by atoms with Gasteiger partial charge >= 0.3 is 0 Å². The highest BCUT2D eigenvalue weighted by Gasteiger charge is 2.20. The van der Waals surface area contributed by atoms with E-state index in [9.17, 15) is 8.42 Å². The van der Waals surface area contributed by atoms with E-state index >= 15 is 0 Å². The van der Waals surface area contributed by atoms with Crippen LogP contribution >= 0.6 is 27.3 Å². The van der Waals surface area contributed by atoms with Gasteiger partial charge in [-0.15, -0.1) is 11.3 Å². The molecule has 0 aliphatic rings. The number of methoxy groups -OCH3 is 1. The van der Waals surface area contributed by atoms with Gasteiger partial charge in [0.15, 0.2) is 0 Å². The summed E-state index contributed by atoms with van der Waals surface area (Å²) in [5, 5.41) is 0. The number of thiophene rings is 1. The van der Waals surface area contributed by atoms with E-state index < -0.39 is 10.0 Å². The van der Waals surface area contributed by atoms with E-state index in [1.54, 1.807) is 19.2 Å². The van der Waals surface area contributed by atoms with Crippen LogP contribution in [0.5, 0.6) is 0 Å². The zero-order chi connectivity index (χ0) is 15.5. The quantitative estimate of drug-likeness (QED) is 0.822. The highest BCUT2D eigenvalue weighted by Crippen LogP contribution is 2.26. The lowest BCUT2D eigenvalue weighted by atomic mass is 10.0. The van der Waals surface area contributed by atoms with Crippen LogP contribution in [0.25, 0.3) is 0 Å². The Morgan fingerprint density at radius 1 is 1.29 bits per heavy atom. The maximum absolute atomic E-state index is 12.2. The van der Waals surface area contributed by atoms with Crippen molar-refractivity contribution in [2.24, 2.45) is 0 Å². The molecule has 0 amide bonds. The summed E-state index contributed by atoms with van der Waals surface area (Å²) in [4.78, 5) is 0. The van der Waals surface area contributed by atoms with Crippen LogP contribution in [0.1, 0.15) is 17.2 Å². The molecule has 0 saturated carbocycles. The Labute approximate surface area is 137 Å². The van der Waals surface area contributed by atoms with Crippen molar-refractivity contribution in [2.45, 2.75) is 17.2 Å². The average molecular weight is 390 g/mol. The number of halogens is 1. The zero-order valence-electron chi connectivity index (χ0n) is 11.7. The first-order chi connectivity index (χ1) is 9.94. The molecule has 1 aromatic heterocycles. The molecule has 0 aliphatic carbocycles. The van der Waals surface area contributed by atoms with E-state index in [2.05, 4.69) is 20.7 Å². The van der Waals surface area contributed by atoms with Gasteiger partial charge in [0.05, 0.1) is 9.89 Å². The number of nitrogens with one attached hydrogen (secondary N) is 1. The van der Waals surface area contributed by atoms with Crippen LogP contribution in [0.15, 0.2) is 44.4 Å². The van der Waals surface area contributed by atoms with Crippen molar-refractivity contribution in [1.82, 2.24) is 4.72 Å². The van der Waals surface area contributed by atoms with Crippen LogP contribution in [0, 0.1) is 6.92 Å². The molecule has 0 bridgehead atoms. The van der Waals surface area contributed by atoms with Crippen LogP contribution in [0.4, 0.5) is 0 Å². The lowest BCUT2D eigenvalue weighted by Crippen LogP contribution is -2.29. The van der Waals surface area contributed by atoms with Gasteiger partial charge in [-0.05, 0) is 46.1 Å². The van der Waals surface area contributed by atoms with Gasteiger partial charge in [0.25, 0.3) is 0 Å². The minimum absolute atomic E-state index is 0.194. The topological polar surface area (TPSA) is 55.4 Å². The van der Waals surface area contributed by atoms with Gasteiger partial charge in [-0.1, -0.05) is 24.3 Å². The predicted octanol–water partition coefficient (Wildman–Crippen LogP) is 3.49. The Morgan fingerprint density at radius 2 is 2.00 bits per heavy atom. The summed E-state index contributed by atoms with van der Waals surface area (Å²) in [6.45, 7) is 2.17. The molecule has 21 heavy (non-hydrogen) atoms. The molecule has 2 rings (SSSR count). The highest BCUT2D eigenvalue weighted by atomic mass is 79.9. The van der Waals surface area contributed by atoms with Crippen molar-refractivity contribution in [3.8, 4) is 0 Å². The fraction of sp³-hybridized carbons (Fsp3) is 0.286. The van der Waals surface area contributed by atoms with Gasteiger partial charge < -0.3 is 4.74 Å². The maximum atomic E-state index is 12.2. The van der Waals surface area contributed by atoms with Crippen LogP contribution < -0.4 is 4.72 Å². The maximum Gasteiger partial charge on any atom is 0.250 e. The second-order valence-electron chi connectivity index (χ2n) is 4.49. The smallest absolute Gasteiger partial charge is 0.250 e. The molecule has 4 nitrogen and oxygen atoms in total. The van der Waals surface area contributed by atoms with Gasteiger partial charge in [-0.25, -0.2) is 13.1 Å². The molecular weight excluding hydrogens is 374 g/mol. The SMILES string of the molecule is COC(CNS(=O)(=O)c1ccc(Br)s1)c1ccccc1C. The monoisotopic (exact) mass is 389 g/mol. The van der Waals surface area contributed by atoms with Crippen molar-refractivity contribution >= 4 is 37.3 Å². The highest BCUT2D eigenvalue weighted by molar-refractivity contribution is 9.11. The van der Waals surface area contributed by atoms with E-state index in [1.807, 2.05) is 31.2 Å². The van der Waals surface area contributed by atoms with Gasteiger partial charge in [0.2, 0.25) is 10.0 Å². The Bertz CT molecular complexity index is 713. The average Bonchev–Trinajstić information content (AvgIpc) is 2.89. The van der Waals surface area contributed by atoms with Crippen molar-refractivity contribution in [3.05, 3.63) is 51.3 Å². The molecule has 0 saturated heterocycles. The number of ether oxygens (including phenoxy) is 1. The van der Waals surface area contributed by atoms with Gasteiger partial charge in [0, 0.05) is 13.7 Å². The Balaban J connectivity index is 2.12. The summed E-state index contributed by atoms with van der Waals surface area (Å²) in [6.07, 6.45) is -0.315.